The molecule has 2 atom stereocenters. The molecule has 162 valence electrons. The average Bonchev–Trinajstić information content (AvgIpc) is 3.14. The van der Waals surface area contributed by atoms with Crippen molar-refractivity contribution in [3.8, 4) is 0 Å². The maximum Gasteiger partial charge on any atom is 0.224 e. The zero-order valence-electron chi connectivity index (χ0n) is 18.1. The van der Waals surface area contributed by atoms with Crippen LogP contribution in [0.15, 0.2) is 29.8 Å². The lowest BCUT2D eigenvalue weighted by Crippen LogP contribution is -2.42. The molecular formula is C23H32N4O2S. The van der Waals surface area contributed by atoms with Gasteiger partial charge in [0.1, 0.15) is 0 Å². The highest BCUT2D eigenvalue weighted by Gasteiger charge is 2.27. The highest BCUT2D eigenvalue weighted by molar-refractivity contribution is 7.09. The molecule has 1 aliphatic heterocycles. The van der Waals surface area contributed by atoms with Crippen LogP contribution in [0, 0.1) is 19.8 Å². The lowest BCUT2D eigenvalue weighted by Gasteiger charge is -2.22. The van der Waals surface area contributed by atoms with E-state index in [1.807, 2.05) is 26.3 Å². The third-order valence-electron chi connectivity index (χ3n) is 5.64. The van der Waals surface area contributed by atoms with Crippen molar-refractivity contribution >= 4 is 23.2 Å². The average molecular weight is 429 g/mol. The monoisotopic (exact) mass is 428 g/mol. The Labute approximate surface area is 183 Å². The van der Waals surface area contributed by atoms with Crippen LogP contribution < -0.4 is 10.6 Å². The Balaban J connectivity index is 1.47. The van der Waals surface area contributed by atoms with Crippen molar-refractivity contribution < 1.29 is 9.59 Å². The summed E-state index contributed by atoms with van der Waals surface area (Å²) in [6.45, 7) is 6.18. The lowest BCUT2D eigenvalue weighted by atomic mass is 10.00. The summed E-state index contributed by atoms with van der Waals surface area (Å²) in [7, 11) is 2.02. The predicted molar refractivity (Wildman–Crippen MR) is 121 cm³/mol. The van der Waals surface area contributed by atoms with Crippen LogP contribution in [0.25, 0.3) is 0 Å². The number of nitrogens with one attached hydrogen (secondary N) is 2. The van der Waals surface area contributed by atoms with E-state index < -0.39 is 0 Å². The van der Waals surface area contributed by atoms with E-state index in [1.165, 1.54) is 5.56 Å². The summed E-state index contributed by atoms with van der Waals surface area (Å²) in [5.41, 5.74) is 3.39. The normalized spacial score (nSPS) is 19.8. The van der Waals surface area contributed by atoms with Crippen LogP contribution in [0.4, 0.5) is 0 Å². The van der Waals surface area contributed by atoms with Gasteiger partial charge in [0.15, 0.2) is 0 Å². The molecule has 0 spiro atoms. The first-order valence-corrected chi connectivity index (χ1v) is 11.5. The fraction of sp³-hybridized carbons (Fsp3) is 0.522. The molecule has 0 aliphatic carbocycles. The number of thiazole rings is 1. The molecule has 1 fully saturated rings. The highest BCUT2D eigenvalue weighted by Crippen LogP contribution is 2.17. The van der Waals surface area contributed by atoms with Crippen LogP contribution >= 0.6 is 11.3 Å². The molecule has 1 aromatic carbocycles. The number of likely N-dealkylation sites (N-methyl/N-ethyl adjacent to an activating group) is 1. The second kappa shape index (κ2) is 10.7. The van der Waals surface area contributed by atoms with Crippen molar-refractivity contribution in [1.29, 1.82) is 0 Å². The van der Waals surface area contributed by atoms with Crippen LogP contribution in [-0.4, -0.2) is 54.4 Å². The molecule has 3 rings (SSSR count). The summed E-state index contributed by atoms with van der Waals surface area (Å²) in [5, 5.41) is 9.23. The number of aryl methyl sites for hydroxylation is 2. The number of amides is 2. The maximum absolute atomic E-state index is 12.6. The zero-order chi connectivity index (χ0) is 21.5. The second-order valence-corrected chi connectivity index (χ2v) is 9.31. The number of benzene rings is 1. The predicted octanol–water partition coefficient (Wildman–Crippen LogP) is 2.49. The standard InChI is InChI=1S/C23H32N4O2S/c1-16-4-5-17(2)19(12-16)13-21(28)26-20-7-6-18(14-27(3)15-20)23(29)25-9-8-22-24-10-11-30-22/h4-5,10-12,18,20H,6-9,13-15H2,1-3H3,(H,25,29)(H,26,28)/t18-,20+/m1/s1. The third kappa shape index (κ3) is 6.64. The summed E-state index contributed by atoms with van der Waals surface area (Å²) in [6, 6.07) is 6.29. The molecule has 1 saturated heterocycles. The van der Waals surface area contributed by atoms with Crippen LogP contribution in [0.2, 0.25) is 0 Å². The van der Waals surface area contributed by atoms with Crippen LogP contribution in [-0.2, 0) is 22.4 Å². The molecule has 0 saturated carbocycles. The zero-order valence-corrected chi connectivity index (χ0v) is 18.9. The molecule has 0 bridgehead atoms. The molecule has 6 nitrogen and oxygen atoms in total. The van der Waals surface area contributed by atoms with Crippen LogP contribution in [0.5, 0.6) is 0 Å². The molecule has 1 aliphatic rings. The Kier molecular flexibility index (Phi) is 7.99. The fourth-order valence-electron chi connectivity index (χ4n) is 4.00. The van der Waals surface area contributed by atoms with Crippen molar-refractivity contribution in [3.05, 3.63) is 51.5 Å². The first kappa shape index (κ1) is 22.4. The van der Waals surface area contributed by atoms with Gasteiger partial charge in [0.25, 0.3) is 0 Å². The first-order chi connectivity index (χ1) is 14.4. The number of aromatic nitrogens is 1. The largest absolute Gasteiger partial charge is 0.355 e. The van der Waals surface area contributed by atoms with Gasteiger partial charge in [-0.15, -0.1) is 11.3 Å². The highest BCUT2D eigenvalue weighted by atomic mass is 32.1. The van der Waals surface area contributed by atoms with E-state index >= 15 is 0 Å². The molecule has 2 heterocycles. The van der Waals surface area contributed by atoms with Crippen molar-refractivity contribution in [3.63, 3.8) is 0 Å². The number of nitrogens with zero attached hydrogens (tertiary/aromatic N) is 2. The van der Waals surface area contributed by atoms with Gasteiger partial charge in [0.2, 0.25) is 11.8 Å². The van der Waals surface area contributed by atoms with Crippen molar-refractivity contribution in [1.82, 2.24) is 20.5 Å². The number of hydrogen-bond acceptors (Lipinski definition) is 5. The number of carbonyl (C=O) groups excluding carboxylic acids is 2. The van der Waals surface area contributed by atoms with Gasteiger partial charge >= 0.3 is 0 Å². The lowest BCUT2D eigenvalue weighted by molar-refractivity contribution is -0.125. The molecule has 30 heavy (non-hydrogen) atoms. The quantitative estimate of drug-likeness (QED) is 0.711. The topological polar surface area (TPSA) is 74.3 Å². The summed E-state index contributed by atoms with van der Waals surface area (Å²) < 4.78 is 0. The summed E-state index contributed by atoms with van der Waals surface area (Å²) in [6.07, 6.45) is 4.55. The summed E-state index contributed by atoms with van der Waals surface area (Å²) in [4.78, 5) is 31.6. The van der Waals surface area contributed by atoms with Crippen molar-refractivity contribution in [2.45, 2.75) is 45.6 Å². The minimum absolute atomic E-state index is 0.0489. The van der Waals surface area contributed by atoms with Gasteiger partial charge in [0.05, 0.1) is 17.3 Å². The van der Waals surface area contributed by atoms with Crippen LogP contribution in [0.1, 0.15) is 34.5 Å². The molecule has 2 N–H and O–H groups in total. The molecule has 1 aromatic heterocycles. The number of rotatable bonds is 7. The van der Waals surface area contributed by atoms with Gasteiger partial charge in [-0.25, -0.2) is 4.98 Å². The van der Waals surface area contributed by atoms with Gasteiger partial charge in [-0.1, -0.05) is 23.8 Å². The smallest absolute Gasteiger partial charge is 0.224 e. The molecule has 7 heteroatoms. The van der Waals surface area contributed by atoms with Gasteiger partial charge in [-0.3, -0.25) is 9.59 Å². The summed E-state index contributed by atoms with van der Waals surface area (Å²) in [5.74, 6) is 0.0985. The van der Waals surface area contributed by atoms with Gasteiger partial charge in [-0.2, -0.15) is 0 Å². The Morgan fingerprint density at radius 3 is 2.83 bits per heavy atom. The molecule has 2 amide bonds. The van der Waals surface area contributed by atoms with Gasteiger partial charge in [-0.05, 0) is 44.9 Å². The van der Waals surface area contributed by atoms with E-state index in [-0.39, 0.29) is 23.8 Å². The number of likely N-dealkylation sites (tertiary alicyclic amines) is 1. The Hall–Kier alpha value is -2.25. The third-order valence-corrected chi connectivity index (χ3v) is 6.48. The van der Waals surface area contributed by atoms with Gasteiger partial charge in [0, 0.05) is 43.7 Å². The van der Waals surface area contributed by atoms with Gasteiger partial charge < -0.3 is 15.5 Å². The van der Waals surface area contributed by atoms with Crippen molar-refractivity contribution in [2.75, 3.05) is 26.7 Å². The van der Waals surface area contributed by atoms with E-state index in [2.05, 4.69) is 38.7 Å². The molecular weight excluding hydrogens is 396 g/mol. The second-order valence-electron chi connectivity index (χ2n) is 8.33. The van der Waals surface area contributed by atoms with E-state index in [0.29, 0.717) is 19.5 Å². The minimum atomic E-state index is -0.0489. The molecule has 0 radical (unpaired) electrons. The van der Waals surface area contributed by atoms with E-state index in [0.717, 1.165) is 41.9 Å². The number of hydrogen-bond donors (Lipinski definition) is 2. The van der Waals surface area contributed by atoms with E-state index in [1.54, 1.807) is 17.5 Å². The minimum Gasteiger partial charge on any atom is -0.355 e. The van der Waals surface area contributed by atoms with Crippen LogP contribution in [0.3, 0.4) is 0 Å². The maximum atomic E-state index is 12.6. The van der Waals surface area contributed by atoms with E-state index in [4.69, 9.17) is 0 Å². The number of carbonyl (C=O) groups is 2. The SMILES string of the molecule is Cc1ccc(C)c(CC(=O)N[C@H]2CC[C@@H](C(=O)NCCc3nccs3)CN(C)C2)c1. The Morgan fingerprint density at radius 1 is 1.23 bits per heavy atom. The first-order valence-electron chi connectivity index (χ1n) is 10.6. The summed E-state index contributed by atoms with van der Waals surface area (Å²) >= 11 is 1.61. The van der Waals surface area contributed by atoms with E-state index in [9.17, 15) is 9.59 Å². The fourth-order valence-corrected chi connectivity index (χ4v) is 4.62. The Morgan fingerprint density at radius 2 is 2.07 bits per heavy atom. The Bertz CT molecular complexity index is 853. The molecule has 2 aromatic rings. The van der Waals surface area contributed by atoms with Crippen molar-refractivity contribution in [2.24, 2.45) is 5.92 Å². The molecule has 0 unspecified atom stereocenters.